The van der Waals surface area contributed by atoms with Crippen LogP contribution in [0.4, 0.5) is 0 Å². The fourth-order valence-electron chi connectivity index (χ4n) is 3.28. The van der Waals surface area contributed by atoms with Gasteiger partial charge in [0.2, 0.25) is 5.91 Å². The largest absolute Gasteiger partial charge is 0.469 e. The molecular formula is C16H23NO4. The minimum atomic E-state index is -0.353. The topological polar surface area (TPSA) is 51.9 Å². The van der Waals surface area contributed by atoms with Crippen molar-refractivity contribution in [1.29, 1.82) is 0 Å². The first kappa shape index (κ1) is 14.6. The van der Waals surface area contributed by atoms with Gasteiger partial charge in [-0.1, -0.05) is 0 Å². The molecule has 3 rings (SSSR count). The van der Waals surface area contributed by atoms with Crippen LogP contribution < -0.4 is 0 Å². The Bertz CT molecular complexity index is 455. The quantitative estimate of drug-likeness (QED) is 0.855. The van der Waals surface area contributed by atoms with E-state index in [4.69, 9.17) is 13.9 Å². The van der Waals surface area contributed by atoms with Crippen molar-refractivity contribution in [2.45, 2.75) is 50.4 Å². The maximum absolute atomic E-state index is 12.3. The molecule has 2 fully saturated rings. The Hall–Kier alpha value is -1.33. The SMILES string of the molecule is CN(C(=O)CCc1ccco1)C1CCC2(CC1)OCCO2. The summed E-state index contributed by atoms with van der Waals surface area (Å²) in [5.41, 5.74) is 0. The van der Waals surface area contributed by atoms with Crippen LogP contribution in [0, 0.1) is 0 Å². The zero-order valence-electron chi connectivity index (χ0n) is 12.5. The second-order valence-corrected chi connectivity index (χ2v) is 5.92. The van der Waals surface area contributed by atoms with Crippen molar-refractivity contribution in [3.8, 4) is 0 Å². The van der Waals surface area contributed by atoms with Gasteiger partial charge in [-0.2, -0.15) is 0 Å². The highest BCUT2D eigenvalue weighted by Gasteiger charge is 2.41. The molecule has 1 spiro atoms. The van der Waals surface area contributed by atoms with Crippen molar-refractivity contribution in [2.75, 3.05) is 20.3 Å². The molecule has 1 aromatic heterocycles. The Kier molecular flexibility index (Phi) is 4.31. The van der Waals surface area contributed by atoms with Crippen LogP contribution in [0.1, 0.15) is 37.9 Å². The smallest absolute Gasteiger partial charge is 0.223 e. The molecule has 21 heavy (non-hydrogen) atoms. The lowest BCUT2D eigenvalue weighted by Gasteiger charge is -2.39. The number of ether oxygens (including phenoxy) is 2. The average Bonchev–Trinajstić information content (AvgIpc) is 3.17. The molecule has 116 valence electrons. The van der Waals surface area contributed by atoms with Gasteiger partial charge in [-0.05, 0) is 25.0 Å². The summed E-state index contributed by atoms with van der Waals surface area (Å²) in [6.07, 6.45) is 6.47. The summed E-state index contributed by atoms with van der Waals surface area (Å²) in [5, 5.41) is 0. The summed E-state index contributed by atoms with van der Waals surface area (Å²) >= 11 is 0. The van der Waals surface area contributed by atoms with Gasteiger partial charge in [0.15, 0.2) is 5.79 Å². The highest BCUT2D eigenvalue weighted by molar-refractivity contribution is 5.76. The lowest BCUT2D eigenvalue weighted by Crippen LogP contribution is -2.45. The first-order valence-electron chi connectivity index (χ1n) is 7.74. The number of carbonyl (C=O) groups is 1. The second kappa shape index (κ2) is 6.20. The van der Waals surface area contributed by atoms with E-state index in [9.17, 15) is 4.79 Å². The van der Waals surface area contributed by atoms with Crippen LogP contribution in [0.5, 0.6) is 0 Å². The maximum atomic E-state index is 12.3. The molecule has 5 nitrogen and oxygen atoms in total. The van der Waals surface area contributed by atoms with E-state index < -0.39 is 0 Å². The van der Waals surface area contributed by atoms with Gasteiger partial charge in [0, 0.05) is 38.8 Å². The number of hydrogen-bond donors (Lipinski definition) is 0. The highest BCUT2D eigenvalue weighted by Crippen LogP contribution is 2.37. The van der Waals surface area contributed by atoms with Crippen molar-refractivity contribution >= 4 is 5.91 Å². The monoisotopic (exact) mass is 293 g/mol. The predicted molar refractivity (Wildman–Crippen MR) is 76.7 cm³/mol. The first-order chi connectivity index (χ1) is 10.2. The molecule has 2 aliphatic rings. The Labute approximate surface area is 125 Å². The van der Waals surface area contributed by atoms with Crippen LogP contribution in [0.2, 0.25) is 0 Å². The molecule has 0 bridgehead atoms. The van der Waals surface area contributed by atoms with Gasteiger partial charge < -0.3 is 18.8 Å². The summed E-state index contributed by atoms with van der Waals surface area (Å²) in [6.45, 7) is 1.39. The van der Waals surface area contributed by atoms with Crippen molar-refractivity contribution < 1.29 is 18.7 Å². The molecule has 5 heteroatoms. The predicted octanol–water partition coefficient (Wildman–Crippen LogP) is 2.36. The molecule has 0 N–H and O–H groups in total. The van der Waals surface area contributed by atoms with Gasteiger partial charge >= 0.3 is 0 Å². The van der Waals surface area contributed by atoms with Gasteiger partial charge in [0.05, 0.1) is 19.5 Å². The zero-order valence-corrected chi connectivity index (χ0v) is 12.5. The summed E-state index contributed by atoms with van der Waals surface area (Å²) in [4.78, 5) is 14.2. The normalized spacial score (nSPS) is 21.8. The van der Waals surface area contributed by atoms with Crippen LogP contribution in [-0.4, -0.2) is 42.9 Å². The molecule has 0 aromatic carbocycles. The van der Waals surface area contributed by atoms with Crippen LogP contribution >= 0.6 is 0 Å². The lowest BCUT2D eigenvalue weighted by molar-refractivity contribution is -0.184. The van der Waals surface area contributed by atoms with Crippen LogP contribution in [-0.2, 0) is 20.7 Å². The Morgan fingerprint density at radius 3 is 2.67 bits per heavy atom. The van der Waals surface area contributed by atoms with Gasteiger partial charge in [0.1, 0.15) is 5.76 Å². The molecular weight excluding hydrogens is 270 g/mol. The van der Waals surface area contributed by atoms with Crippen LogP contribution in [0.25, 0.3) is 0 Å². The maximum Gasteiger partial charge on any atom is 0.223 e. The molecule has 1 saturated carbocycles. The molecule has 1 aliphatic heterocycles. The van der Waals surface area contributed by atoms with Gasteiger partial charge in [0.25, 0.3) is 0 Å². The Morgan fingerprint density at radius 2 is 2.05 bits per heavy atom. The number of rotatable bonds is 4. The first-order valence-corrected chi connectivity index (χ1v) is 7.74. The molecule has 1 aliphatic carbocycles. The van der Waals surface area contributed by atoms with E-state index in [1.54, 1.807) is 6.26 Å². The fraction of sp³-hybridized carbons (Fsp3) is 0.688. The van der Waals surface area contributed by atoms with E-state index in [1.807, 2.05) is 24.1 Å². The van der Waals surface area contributed by atoms with Crippen LogP contribution in [0.3, 0.4) is 0 Å². The summed E-state index contributed by atoms with van der Waals surface area (Å²) in [7, 11) is 1.91. The third-order valence-corrected chi connectivity index (χ3v) is 4.64. The van der Waals surface area contributed by atoms with Gasteiger partial charge in [-0.15, -0.1) is 0 Å². The van der Waals surface area contributed by atoms with E-state index in [0.29, 0.717) is 32.1 Å². The van der Waals surface area contributed by atoms with Crippen molar-refractivity contribution in [2.24, 2.45) is 0 Å². The molecule has 0 unspecified atom stereocenters. The molecule has 1 amide bonds. The minimum absolute atomic E-state index is 0.181. The van der Waals surface area contributed by atoms with E-state index in [2.05, 4.69) is 0 Å². The lowest BCUT2D eigenvalue weighted by atomic mass is 9.89. The zero-order chi connectivity index (χ0) is 14.7. The van der Waals surface area contributed by atoms with E-state index in [-0.39, 0.29) is 11.7 Å². The molecule has 0 radical (unpaired) electrons. The molecule has 2 heterocycles. The summed E-state index contributed by atoms with van der Waals surface area (Å²) in [5.74, 6) is 0.696. The fourth-order valence-corrected chi connectivity index (χ4v) is 3.28. The van der Waals surface area contributed by atoms with Gasteiger partial charge in [-0.3, -0.25) is 4.79 Å². The average molecular weight is 293 g/mol. The van der Waals surface area contributed by atoms with E-state index >= 15 is 0 Å². The molecule has 1 saturated heterocycles. The Morgan fingerprint density at radius 1 is 1.33 bits per heavy atom. The summed E-state index contributed by atoms with van der Waals surface area (Å²) < 4.78 is 16.7. The third kappa shape index (κ3) is 3.30. The standard InChI is InChI=1S/C16H23NO4/c1-17(15(18)5-4-14-3-2-10-19-14)13-6-8-16(9-7-13)20-11-12-21-16/h2-3,10,13H,4-9,11-12H2,1H3. The summed E-state index contributed by atoms with van der Waals surface area (Å²) in [6, 6.07) is 4.06. The number of hydrogen-bond acceptors (Lipinski definition) is 4. The number of carbonyl (C=O) groups excluding carboxylic acids is 1. The number of nitrogens with zero attached hydrogens (tertiary/aromatic N) is 1. The highest BCUT2D eigenvalue weighted by atomic mass is 16.7. The van der Waals surface area contributed by atoms with E-state index in [0.717, 1.165) is 31.4 Å². The third-order valence-electron chi connectivity index (χ3n) is 4.64. The molecule has 0 atom stereocenters. The molecule has 1 aromatic rings. The number of furan rings is 1. The number of aryl methyl sites for hydroxylation is 1. The van der Waals surface area contributed by atoms with Crippen molar-refractivity contribution in [3.05, 3.63) is 24.2 Å². The number of amides is 1. The van der Waals surface area contributed by atoms with Gasteiger partial charge in [-0.25, -0.2) is 0 Å². The Balaban J connectivity index is 1.46. The second-order valence-electron chi connectivity index (χ2n) is 5.92. The van der Waals surface area contributed by atoms with E-state index in [1.165, 1.54) is 0 Å². The minimum Gasteiger partial charge on any atom is -0.469 e. The van der Waals surface area contributed by atoms with Crippen LogP contribution in [0.15, 0.2) is 22.8 Å². The van der Waals surface area contributed by atoms with Crippen molar-refractivity contribution in [3.63, 3.8) is 0 Å². The van der Waals surface area contributed by atoms with Crippen molar-refractivity contribution in [1.82, 2.24) is 4.90 Å².